The third-order valence-corrected chi connectivity index (χ3v) is 5.65. The van der Waals surface area contributed by atoms with Crippen LogP contribution in [0.15, 0.2) is 48.2 Å². The quantitative estimate of drug-likeness (QED) is 0.494. The molecule has 3 heterocycles. The maximum Gasteiger partial charge on any atom is 0.130 e. The fraction of sp³-hybridized carbons (Fsp3) is 0.211. The summed E-state index contributed by atoms with van der Waals surface area (Å²) < 4.78 is 11.0. The van der Waals surface area contributed by atoms with Crippen molar-refractivity contribution in [2.45, 2.75) is 13.3 Å². The number of anilines is 1. The lowest BCUT2D eigenvalue weighted by molar-refractivity contribution is 0.342. The Balaban J connectivity index is 1.40. The first-order chi connectivity index (χ1) is 12.8. The van der Waals surface area contributed by atoms with E-state index in [4.69, 9.17) is 4.74 Å². The van der Waals surface area contributed by atoms with Crippen LogP contribution in [0.4, 0.5) is 5.82 Å². The molecule has 26 heavy (non-hydrogen) atoms. The highest BCUT2D eigenvalue weighted by Gasteiger charge is 2.06. The number of hydrogen-bond donors (Lipinski definition) is 1. The molecule has 5 nitrogen and oxygen atoms in total. The Morgan fingerprint density at radius 3 is 3.04 bits per heavy atom. The van der Waals surface area contributed by atoms with Crippen molar-refractivity contribution < 1.29 is 4.74 Å². The summed E-state index contributed by atoms with van der Waals surface area (Å²) in [7, 11) is 0. The summed E-state index contributed by atoms with van der Waals surface area (Å²) in [6.45, 7) is 3.46. The van der Waals surface area contributed by atoms with Crippen LogP contribution in [0.5, 0.6) is 5.75 Å². The van der Waals surface area contributed by atoms with Gasteiger partial charge in [0, 0.05) is 35.6 Å². The van der Waals surface area contributed by atoms with Gasteiger partial charge in [0.2, 0.25) is 0 Å². The minimum absolute atomic E-state index is 0.667. The monoisotopic (exact) mass is 382 g/mol. The molecule has 0 atom stereocenters. The van der Waals surface area contributed by atoms with E-state index in [-0.39, 0.29) is 0 Å². The predicted molar refractivity (Wildman–Crippen MR) is 108 cm³/mol. The second kappa shape index (κ2) is 7.80. The van der Waals surface area contributed by atoms with Crippen molar-refractivity contribution in [1.82, 2.24) is 14.3 Å². The molecule has 1 aromatic carbocycles. The van der Waals surface area contributed by atoms with Crippen LogP contribution in [-0.4, -0.2) is 27.5 Å². The van der Waals surface area contributed by atoms with Crippen LogP contribution in [0.3, 0.4) is 0 Å². The van der Waals surface area contributed by atoms with Crippen molar-refractivity contribution in [3.8, 4) is 16.3 Å². The second-order valence-electron chi connectivity index (χ2n) is 5.74. The van der Waals surface area contributed by atoms with Gasteiger partial charge in [0.05, 0.1) is 21.9 Å². The predicted octanol–water partition coefficient (Wildman–Crippen LogP) is 4.87. The first kappa shape index (κ1) is 16.9. The van der Waals surface area contributed by atoms with Crippen LogP contribution in [0.25, 0.3) is 20.7 Å². The average Bonchev–Trinajstić information content (AvgIpc) is 3.31. The Morgan fingerprint density at radius 1 is 1.15 bits per heavy atom. The van der Waals surface area contributed by atoms with Crippen LogP contribution in [-0.2, 0) is 6.42 Å². The molecule has 4 rings (SSSR count). The Hall–Kier alpha value is -2.51. The van der Waals surface area contributed by atoms with Crippen molar-refractivity contribution in [1.29, 1.82) is 0 Å². The van der Waals surface area contributed by atoms with Gasteiger partial charge in [0.15, 0.2) is 0 Å². The topological polar surface area (TPSA) is 59.9 Å². The van der Waals surface area contributed by atoms with Gasteiger partial charge in [0.1, 0.15) is 17.9 Å². The Morgan fingerprint density at radius 2 is 2.12 bits per heavy atom. The zero-order valence-electron chi connectivity index (χ0n) is 14.3. The summed E-state index contributed by atoms with van der Waals surface area (Å²) in [4.78, 5) is 9.78. The normalized spacial score (nSPS) is 11.0. The number of ether oxygens (including phenoxy) is 1. The van der Waals surface area contributed by atoms with Gasteiger partial charge in [-0.25, -0.2) is 9.97 Å². The smallest absolute Gasteiger partial charge is 0.130 e. The number of aromatic nitrogens is 3. The van der Waals surface area contributed by atoms with Crippen LogP contribution in [0.1, 0.15) is 12.5 Å². The first-order valence-electron chi connectivity index (χ1n) is 8.43. The van der Waals surface area contributed by atoms with Gasteiger partial charge >= 0.3 is 0 Å². The van der Waals surface area contributed by atoms with E-state index in [2.05, 4.69) is 37.9 Å². The number of nitrogens with zero attached hydrogens (tertiary/aromatic N) is 3. The molecule has 7 heteroatoms. The number of hydrogen-bond acceptors (Lipinski definition) is 7. The van der Waals surface area contributed by atoms with Gasteiger partial charge in [-0.2, -0.15) is 4.37 Å². The van der Waals surface area contributed by atoms with Crippen molar-refractivity contribution in [2.75, 3.05) is 18.5 Å². The van der Waals surface area contributed by atoms with E-state index >= 15 is 0 Å². The van der Waals surface area contributed by atoms with Crippen molar-refractivity contribution in [2.24, 2.45) is 0 Å². The fourth-order valence-electron chi connectivity index (χ4n) is 2.70. The highest BCUT2D eigenvalue weighted by Crippen LogP contribution is 2.30. The minimum Gasteiger partial charge on any atom is -0.493 e. The lowest BCUT2D eigenvalue weighted by atomic mass is 10.1. The molecule has 0 bridgehead atoms. The zero-order chi connectivity index (χ0) is 17.8. The summed E-state index contributed by atoms with van der Waals surface area (Å²) in [5.74, 6) is 1.72. The Labute approximate surface area is 159 Å². The van der Waals surface area contributed by atoms with Gasteiger partial charge in [-0.1, -0.05) is 6.07 Å². The summed E-state index contributed by atoms with van der Waals surface area (Å²) in [5, 5.41) is 6.60. The Kier molecular flexibility index (Phi) is 5.08. The summed E-state index contributed by atoms with van der Waals surface area (Å²) in [5.41, 5.74) is 2.20. The molecule has 0 spiro atoms. The maximum atomic E-state index is 5.52. The van der Waals surface area contributed by atoms with Gasteiger partial charge in [-0.3, -0.25) is 0 Å². The molecule has 0 saturated heterocycles. The first-order valence-corrected chi connectivity index (χ1v) is 10.1. The standard InChI is InChI=1S/C19H18N4OS2/c1-2-24-15-8-18(25-11-15)16-9-19(22-12-21-16)20-6-5-13-3-4-17-14(7-13)10-23-26-17/h3-4,7-12H,2,5-6H2,1H3,(H,20,21,22). The molecule has 3 aromatic heterocycles. The minimum atomic E-state index is 0.667. The average molecular weight is 383 g/mol. The lowest BCUT2D eigenvalue weighted by Crippen LogP contribution is -2.06. The number of benzene rings is 1. The summed E-state index contributed by atoms with van der Waals surface area (Å²) in [6.07, 6.45) is 4.45. The SMILES string of the molecule is CCOc1csc(-c2cc(NCCc3ccc4sncc4c3)ncn2)c1. The van der Waals surface area contributed by atoms with Crippen LogP contribution < -0.4 is 10.1 Å². The molecule has 0 amide bonds. The van der Waals surface area contributed by atoms with Gasteiger partial charge < -0.3 is 10.1 Å². The molecule has 0 unspecified atom stereocenters. The van der Waals surface area contributed by atoms with Gasteiger partial charge in [0.25, 0.3) is 0 Å². The van der Waals surface area contributed by atoms with Crippen LogP contribution >= 0.6 is 22.9 Å². The molecule has 0 radical (unpaired) electrons. The zero-order valence-corrected chi connectivity index (χ0v) is 15.9. The second-order valence-corrected chi connectivity index (χ2v) is 7.49. The molecule has 0 aliphatic rings. The van der Waals surface area contributed by atoms with E-state index in [0.29, 0.717) is 6.61 Å². The molecule has 4 aromatic rings. The summed E-state index contributed by atoms with van der Waals surface area (Å²) >= 11 is 3.16. The molecule has 1 N–H and O–H groups in total. The van der Waals surface area contributed by atoms with Crippen LogP contribution in [0, 0.1) is 0 Å². The lowest BCUT2D eigenvalue weighted by Gasteiger charge is -2.07. The van der Waals surface area contributed by atoms with Crippen molar-refractivity contribution in [3.05, 3.63) is 53.8 Å². The van der Waals surface area contributed by atoms with E-state index in [9.17, 15) is 0 Å². The molecular weight excluding hydrogens is 364 g/mol. The molecule has 0 aliphatic carbocycles. The highest BCUT2D eigenvalue weighted by atomic mass is 32.1. The largest absolute Gasteiger partial charge is 0.493 e. The van der Waals surface area contributed by atoms with Crippen molar-refractivity contribution in [3.63, 3.8) is 0 Å². The van der Waals surface area contributed by atoms with Crippen molar-refractivity contribution >= 4 is 38.8 Å². The molecule has 132 valence electrons. The third-order valence-electron chi connectivity index (χ3n) is 3.94. The van der Waals surface area contributed by atoms with E-state index < -0.39 is 0 Å². The van der Waals surface area contributed by atoms with E-state index in [1.165, 1.54) is 27.2 Å². The summed E-state index contributed by atoms with van der Waals surface area (Å²) in [6, 6.07) is 10.5. The maximum absolute atomic E-state index is 5.52. The highest BCUT2D eigenvalue weighted by molar-refractivity contribution is 7.13. The number of rotatable bonds is 7. The molecule has 0 fully saturated rings. The number of fused-ring (bicyclic) bond motifs is 1. The fourth-order valence-corrected chi connectivity index (χ4v) is 4.12. The number of thiophene rings is 1. The number of nitrogens with one attached hydrogen (secondary N) is 1. The van der Waals surface area contributed by atoms with Gasteiger partial charge in [-0.05, 0) is 42.6 Å². The molecular formula is C19H18N4OS2. The Bertz CT molecular complexity index is 1010. The van der Waals surface area contributed by atoms with E-state index in [0.717, 1.165) is 35.1 Å². The molecule has 0 aliphatic heterocycles. The van der Waals surface area contributed by atoms with Crippen LogP contribution in [0.2, 0.25) is 0 Å². The van der Waals surface area contributed by atoms with Gasteiger partial charge in [-0.15, -0.1) is 11.3 Å². The molecule has 0 saturated carbocycles. The third kappa shape index (κ3) is 3.84. The van der Waals surface area contributed by atoms with E-state index in [1.807, 2.05) is 30.6 Å². The van der Waals surface area contributed by atoms with E-state index in [1.54, 1.807) is 17.7 Å².